The third-order valence-corrected chi connectivity index (χ3v) is 1.20. The van der Waals surface area contributed by atoms with Crippen LogP contribution >= 0.6 is 0 Å². The van der Waals surface area contributed by atoms with Gasteiger partial charge < -0.3 is 5.02 Å². The molecule has 0 aliphatic heterocycles. The number of hydrogen-bond acceptors (Lipinski definition) is 3. The molecule has 10 heavy (non-hydrogen) atoms. The molecular weight excluding hydrogens is 129 g/mol. The van der Waals surface area contributed by atoms with Crippen molar-refractivity contribution >= 4 is 12.5 Å². The minimum Gasteiger partial charge on any atom is -0.425 e. The predicted molar refractivity (Wildman–Crippen MR) is 39.8 cm³/mol. The zero-order valence-corrected chi connectivity index (χ0v) is 5.27. The topological polar surface area (TPSA) is 49.7 Å². The zero-order chi connectivity index (χ0) is 7.40. The molecule has 0 spiro atoms. The first kappa shape index (κ1) is 6.96. The maximum Gasteiger partial charge on any atom is 0.517 e. The Hall–Kier alpha value is -1.16. The molecule has 0 aromatic heterocycles. The molecule has 1 N–H and O–H groups in total. The number of rotatable bonds is 2. The van der Waals surface area contributed by atoms with Gasteiger partial charge in [-0.3, -0.25) is 0 Å². The van der Waals surface area contributed by atoms with Crippen LogP contribution in [0.1, 0.15) is 0 Å². The summed E-state index contributed by atoms with van der Waals surface area (Å²) in [5, 5.41) is 11.3. The maximum atomic E-state index is 9.81. The SMILES string of the molecule is O=NB(O)c1ccccc1. The van der Waals surface area contributed by atoms with Gasteiger partial charge in [0.05, 0.1) is 0 Å². The van der Waals surface area contributed by atoms with Gasteiger partial charge >= 0.3 is 7.05 Å². The number of nitrogens with zero attached hydrogens (tertiary/aromatic N) is 1. The van der Waals surface area contributed by atoms with E-state index in [0.717, 1.165) is 0 Å². The van der Waals surface area contributed by atoms with E-state index in [1.54, 1.807) is 30.3 Å². The van der Waals surface area contributed by atoms with Crippen molar-refractivity contribution in [2.75, 3.05) is 0 Å². The van der Waals surface area contributed by atoms with Crippen molar-refractivity contribution in [3.8, 4) is 0 Å². The van der Waals surface area contributed by atoms with E-state index in [4.69, 9.17) is 5.02 Å². The molecule has 0 fully saturated rings. The fourth-order valence-electron chi connectivity index (χ4n) is 0.686. The van der Waals surface area contributed by atoms with Crippen molar-refractivity contribution in [2.45, 2.75) is 0 Å². The van der Waals surface area contributed by atoms with Gasteiger partial charge in [-0.15, -0.1) is 0 Å². The van der Waals surface area contributed by atoms with Gasteiger partial charge in [0, 0.05) is 0 Å². The minimum absolute atomic E-state index is 0.525. The highest BCUT2D eigenvalue weighted by Gasteiger charge is 2.13. The van der Waals surface area contributed by atoms with Gasteiger partial charge in [-0.05, 0) is 5.46 Å². The monoisotopic (exact) mass is 135 g/mol. The summed E-state index contributed by atoms with van der Waals surface area (Å²) < 4.78 is 0. The Labute approximate surface area is 58.8 Å². The van der Waals surface area contributed by atoms with Gasteiger partial charge in [-0.2, -0.15) is 4.91 Å². The van der Waals surface area contributed by atoms with Crippen molar-refractivity contribution in [3.05, 3.63) is 35.2 Å². The highest BCUT2D eigenvalue weighted by atomic mass is 16.3. The Bertz CT molecular complexity index is 214. The second-order valence-corrected chi connectivity index (χ2v) is 1.89. The first-order valence-electron chi connectivity index (χ1n) is 2.90. The summed E-state index contributed by atoms with van der Waals surface area (Å²) in [6, 6.07) is 8.58. The molecule has 3 nitrogen and oxygen atoms in total. The van der Waals surface area contributed by atoms with E-state index in [9.17, 15) is 4.91 Å². The molecule has 0 saturated heterocycles. The fraction of sp³-hybridized carbons (Fsp3) is 0. The lowest BCUT2D eigenvalue weighted by Gasteiger charge is -1.93. The van der Waals surface area contributed by atoms with Crippen LogP contribution in [0.4, 0.5) is 0 Å². The lowest BCUT2D eigenvalue weighted by atomic mass is 9.76. The highest BCUT2D eigenvalue weighted by Crippen LogP contribution is 1.85. The van der Waals surface area contributed by atoms with E-state index < -0.39 is 7.05 Å². The molecular formula is C6H6BNO2. The molecule has 4 heteroatoms. The van der Waals surface area contributed by atoms with Crippen LogP contribution in [0.2, 0.25) is 0 Å². The molecule has 0 heterocycles. The first-order valence-corrected chi connectivity index (χ1v) is 2.90. The number of hydrogen-bond donors (Lipinski definition) is 1. The molecule has 0 atom stereocenters. The van der Waals surface area contributed by atoms with Gasteiger partial charge in [-0.25, -0.2) is 0 Å². The fourth-order valence-corrected chi connectivity index (χ4v) is 0.686. The van der Waals surface area contributed by atoms with Crippen LogP contribution in [0, 0.1) is 4.91 Å². The Morgan fingerprint density at radius 3 is 2.40 bits per heavy atom. The molecule has 0 aliphatic rings. The molecule has 1 aromatic carbocycles. The van der Waals surface area contributed by atoms with Crippen LogP contribution in [0.5, 0.6) is 0 Å². The molecule has 0 amide bonds. The van der Waals surface area contributed by atoms with Crippen LogP contribution < -0.4 is 5.46 Å². The van der Waals surface area contributed by atoms with E-state index in [2.05, 4.69) is 5.09 Å². The summed E-state index contributed by atoms with van der Waals surface area (Å²) in [5.74, 6) is 0. The van der Waals surface area contributed by atoms with Crippen LogP contribution in [0.15, 0.2) is 35.4 Å². The molecule has 0 unspecified atom stereocenters. The molecule has 0 radical (unpaired) electrons. The third kappa shape index (κ3) is 1.42. The standard InChI is InChI=1S/C6H6BNO2/c9-7(8-10)6-4-2-1-3-5-6/h1-5,9H. The summed E-state index contributed by atoms with van der Waals surface area (Å²) in [6.45, 7) is 0. The van der Waals surface area contributed by atoms with Crippen molar-refractivity contribution < 1.29 is 5.02 Å². The summed E-state index contributed by atoms with van der Waals surface area (Å²) in [6.07, 6.45) is 0. The Kier molecular flexibility index (Phi) is 2.17. The van der Waals surface area contributed by atoms with Crippen LogP contribution in [0.25, 0.3) is 0 Å². The van der Waals surface area contributed by atoms with Crippen molar-refractivity contribution in [1.29, 1.82) is 0 Å². The Morgan fingerprint density at radius 2 is 1.90 bits per heavy atom. The number of benzene rings is 1. The number of nitroso groups, excluding NO2 is 1. The van der Waals surface area contributed by atoms with E-state index in [1.165, 1.54) is 0 Å². The van der Waals surface area contributed by atoms with Crippen molar-refractivity contribution in [3.63, 3.8) is 0 Å². The van der Waals surface area contributed by atoms with Gasteiger partial charge in [0.2, 0.25) is 0 Å². The molecule has 0 aliphatic carbocycles. The van der Waals surface area contributed by atoms with Gasteiger partial charge in [0.15, 0.2) is 0 Å². The third-order valence-electron chi connectivity index (χ3n) is 1.20. The quantitative estimate of drug-likeness (QED) is 0.463. The second kappa shape index (κ2) is 3.13. The van der Waals surface area contributed by atoms with Crippen LogP contribution in [-0.4, -0.2) is 12.1 Å². The normalized spacial score (nSPS) is 8.90. The van der Waals surface area contributed by atoms with E-state index in [-0.39, 0.29) is 0 Å². The van der Waals surface area contributed by atoms with Gasteiger partial charge in [0.1, 0.15) is 0 Å². The lowest BCUT2D eigenvalue weighted by molar-refractivity contribution is 0.587. The highest BCUT2D eigenvalue weighted by molar-refractivity contribution is 6.64. The average Bonchev–Trinajstić information content (AvgIpc) is 2.05. The van der Waals surface area contributed by atoms with Gasteiger partial charge in [0.25, 0.3) is 0 Å². The van der Waals surface area contributed by atoms with Crippen molar-refractivity contribution in [2.24, 2.45) is 5.09 Å². The van der Waals surface area contributed by atoms with Crippen LogP contribution in [-0.2, 0) is 0 Å². The summed E-state index contributed by atoms with van der Waals surface area (Å²) in [4.78, 5) is 9.81. The molecule has 0 bridgehead atoms. The molecule has 50 valence electrons. The predicted octanol–water partition coefficient (Wildman–Crippen LogP) is 0.140. The van der Waals surface area contributed by atoms with Crippen LogP contribution in [0.3, 0.4) is 0 Å². The molecule has 0 saturated carbocycles. The molecule has 1 aromatic rings. The van der Waals surface area contributed by atoms with E-state index in [1.807, 2.05) is 0 Å². The maximum absolute atomic E-state index is 9.81. The smallest absolute Gasteiger partial charge is 0.425 e. The largest absolute Gasteiger partial charge is 0.517 e. The average molecular weight is 135 g/mol. The second-order valence-electron chi connectivity index (χ2n) is 1.89. The first-order chi connectivity index (χ1) is 4.84. The molecule has 1 rings (SSSR count). The zero-order valence-electron chi connectivity index (χ0n) is 5.27. The minimum atomic E-state index is -1.22. The summed E-state index contributed by atoms with van der Waals surface area (Å²) in [7, 11) is -1.22. The summed E-state index contributed by atoms with van der Waals surface area (Å²) >= 11 is 0. The lowest BCUT2D eigenvalue weighted by Crippen LogP contribution is -2.26. The van der Waals surface area contributed by atoms with Crippen molar-refractivity contribution in [1.82, 2.24) is 0 Å². The van der Waals surface area contributed by atoms with Gasteiger partial charge in [-0.1, -0.05) is 35.4 Å². The van der Waals surface area contributed by atoms with E-state index >= 15 is 0 Å². The summed E-state index contributed by atoms with van der Waals surface area (Å²) in [5.41, 5.74) is 0.525. The van der Waals surface area contributed by atoms with E-state index in [0.29, 0.717) is 5.46 Å². The Morgan fingerprint density at radius 1 is 1.30 bits per heavy atom. The Balaban J connectivity index is 2.84.